The average Bonchev–Trinajstić information content (AvgIpc) is 2.97. The van der Waals surface area contributed by atoms with Gasteiger partial charge in [0.05, 0.1) is 5.92 Å². The van der Waals surface area contributed by atoms with E-state index in [0.717, 1.165) is 38.5 Å². The van der Waals surface area contributed by atoms with Crippen molar-refractivity contribution in [3.8, 4) is 0 Å². The van der Waals surface area contributed by atoms with Crippen molar-refractivity contribution < 1.29 is 4.79 Å². The minimum Gasteiger partial charge on any atom is -0.361 e. The van der Waals surface area contributed by atoms with Crippen molar-refractivity contribution in [1.82, 2.24) is 10.3 Å². The Hall–Kier alpha value is -1.52. The number of halogens is 1. The number of aryl methyl sites for hydroxylation is 1. The summed E-state index contributed by atoms with van der Waals surface area (Å²) in [5.74, 6) is 0.0645. The second-order valence-electron chi connectivity index (χ2n) is 7.35. The molecule has 1 aromatic carbocycles. The molecule has 1 amide bonds. The van der Waals surface area contributed by atoms with E-state index >= 15 is 0 Å². The first-order valence-corrected chi connectivity index (χ1v) is 9.17. The molecule has 4 nitrogen and oxygen atoms in total. The van der Waals surface area contributed by atoms with Crippen molar-refractivity contribution in [3.05, 3.63) is 35.5 Å². The van der Waals surface area contributed by atoms with Gasteiger partial charge < -0.3 is 16.0 Å². The van der Waals surface area contributed by atoms with E-state index in [1.165, 1.54) is 22.0 Å². The molecule has 1 saturated carbocycles. The highest BCUT2D eigenvalue weighted by molar-refractivity contribution is 5.86. The number of benzene rings is 1. The Morgan fingerprint density at radius 2 is 2.16 bits per heavy atom. The molecule has 1 fully saturated rings. The third kappa shape index (κ3) is 4.18. The number of aromatic nitrogens is 1. The Labute approximate surface area is 156 Å². The molecule has 0 aliphatic heterocycles. The molecule has 1 aliphatic rings. The van der Waals surface area contributed by atoms with E-state index in [1.807, 2.05) is 6.92 Å². The van der Waals surface area contributed by atoms with Crippen molar-refractivity contribution in [2.75, 3.05) is 6.54 Å². The van der Waals surface area contributed by atoms with Gasteiger partial charge in [0.25, 0.3) is 0 Å². The van der Waals surface area contributed by atoms with Crippen LogP contribution in [0, 0.1) is 5.92 Å². The predicted octanol–water partition coefficient (Wildman–Crippen LogP) is 3.72. The number of para-hydroxylation sites is 1. The summed E-state index contributed by atoms with van der Waals surface area (Å²) in [6.07, 6.45) is 8.01. The lowest BCUT2D eigenvalue weighted by Gasteiger charge is -2.37. The lowest BCUT2D eigenvalue weighted by atomic mass is 9.74. The van der Waals surface area contributed by atoms with Crippen molar-refractivity contribution in [2.24, 2.45) is 11.7 Å². The van der Waals surface area contributed by atoms with Crippen LogP contribution in [0.3, 0.4) is 0 Å². The monoisotopic (exact) mass is 363 g/mol. The lowest BCUT2D eigenvalue weighted by Crippen LogP contribution is -2.53. The standard InChI is InChI=1S/C20H29N3O.ClH/c1-3-14-7-6-8-16-15(13-23-18(14)16)10-12-22-19(24)17-9-4-5-11-20(17,2)21;/h6-8,13,17,23H,3-5,9-12,21H2,1-2H3,(H,22,24);1H. The molecule has 2 unspecified atom stereocenters. The number of H-pyrrole nitrogens is 1. The van der Waals surface area contributed by atoms with Gasteiger partial charge in [-0.15, -0.1) is 12.4 Å². The van der Waals surface area contributed by atoms with E-state index < -0.39 is 0 Å². The summed E-state index contributed by atoms with van der Waals surface area (Å²) in [4.78, 5) is 15.9. The van der Waals surface area contributed by atoms with Crippen LogP contribution in [0.2, 0.25) is 0 Å². The predicted molar refractivity (Wildman–Crippen MR) is 106 cm³/mol. The summed E-state index contributed by atoms with van der Waals surface area (Å²) in [7, 11) is 0. The lowest BCUT2D eigenvalue weighted by molar-refractivity contribution is -0.128. The van der Waals surface area contributed by atoms with E-state index in [-0.39, 0.29) is 29.8 Å². The summed E-state index contributed by atoms with van der Waals surface area (Å²) in [6.45, 7) is 4.85. The Morgan fingerprint density at radius 1 is 1.36 bits per heavy atom. The average molecular weight is 364 g/mol. The minimum absolute atomic E-state index is 0. The van der Waals surface area contributed by atoms with Crippen LogP contribution in [-0.4, -0.2) is 23.0 Å². The normalized spacial score (nSPS) is 23.2. The molecular formula is C20H30ClN3O. The van der Waals surface area contributed by atoms with E-state index in [2.05, 4.69) is 41.6 Å². The topological polar surface area (TPSA) is 70.9 Å². The molecule has 138 valence electrons. The van der Waals surface area contributed by atoms with Crippen LogP contribution in [0.25, 0.3) is 10.9 Å². The molecule has 2 aromatic rings. The SMILES string of the molecule is CCc1cccc2c(CCNC(=O)C3CCCCC3(C)N)c[nH]c12.Cl. The zero-order valence-electron chi connectivity index (χ0n) is 15.2. The Morgan fingerprint density at radius 3 is 2.88 bits per heavy atom. The molecule has 1 aromatic heterocycles. The van der Waals surface area contributed by atoms with Gasteiger partial charge >= 0.3 is 0 Å². The fraction of sp³-hybridized carbons (Fsp3) is 0.550. The highest BCUT2D eigenvalue weighted by atomic mass is 35.5. The van der Waals surface area contributed by atoms with Crippen molar-refractivity contribution in [2.45, 2.75) is 57.9 Å². The highest BCUT2D eigenvalue weighted by Crippen LogP contribution is 2.31. The number of hydrogen-bond acceptors (Lipinski definition) is 2. The maximum absolute atomic E-state index is 12.5. The number of aromatic amines is 1. The van der Waals surface area contributed by atoms with Crippen molar-refractivity contribution in [3.63, 3.8) is 0 Å². The molecule has 1 aliphatic carbocycles. The Kier molecular flexibility index (Phi) is 6.53. The Balaban J connectivity index is 0.00000225. The maximum Gasteiger partial charge on any atom is 0.224 e. The van der Waals surface area contributed by atoms with Gasteiger partial charge in [0.2, 0.25) is 5.91 Å². The van der Waals surface area contributed by atoms with Crippen LogP contribution in [0.5, 0.6) is 0 Å². The smallest absolute Gasteiger partial charge is 0.224 e. The highest BCUT2D eigenvalue weighted by Gasteiger charge is 2.37. The van der Waals surface area contributed by atoms with Gasteiger partial charge in [-0.3, -0.25) is 4.79 Å². The van der Waals surface area contributed by atoms with Gasteiger partial charge in [-0.05, 0) is 43.7 Å². The van der Waals surface area contributed by atoms with E-state index in [1.54, 1.807) is 0 Å². The third-order valence-electron chi connectivity index (χ3n) is 5.53. The number of rotatable bonds is 5. The number of carbonyl (C=O) groups excluding carboxylic acids is 1. The number of amides is 1. The fourth-order valence-electron chi connectivity index (χ4n) is 4.01. The second-order valence-corrected chi connectivity index (χ2v) is 7.35. The van der Waals surface area contributed by atoms with Crippen LogP contribution < -0.4 is 11.1 Å². The molecule has 25 heavy (non-hydrogen) atoms. The molecule has 2 atom stereocenters. The van der Waals surface area contributed by atoms with Gasteiger partial charge in [-0.1, -0.05) is 38.0 Å². The van der Waals surface area contributed by atoms with Crippen LogP contribution >= 0.6 is 12.4 Å². The molecule has 3 rings (SSSR count). The summed E-state index contributed by atoms with van der Waals surface area (Å²) < 4.78 is 0. The van der Waals surface area contributed by atoms with E-state index in [0.29, 0.717) is 6.54 Å². The largest absolute Gasteiger partial charge is 0.361 e. The summed E-state index contributed by atoms with van der Waals surface area (Å²) in [5, 5.41) is 4.38. The zero-order chi connectivity index (χ0) is 17.2. The molecule has 0 radical (unpaired) electrons. The number of hydrogen-bond donors (Lipinski definition) is 3. The quantitative estimate of drug-likeness (QED) is 0.757. The summed E-state index contributed by atoms with van der Waals surface area (Å²) >= 11 is 0. The van der Waals surface area contributed by atoms with Gasteiger partial charge in [-0.25, -0.2) is 0 Å². The number of nitrogens with two attached hydrogens (primary N) is 1. The first-order valence-electron chi connectivity index (χ1n) is 9.17. The Bertz CT molecular complexity index is 723. The van der Waals surface area contributed by atoms with Gasteiger partial charge in [0.1, 0.15) is 0 Å². The zero-order valence-corrected chi connectivity index (χ0v) is 16.0. The number of nitrogens with one attached hydrogen (secondary N) is 2. The summed E-state index contributed by atoms with van der Waals surface area (Å²) in [6, 6.07) is 6.43. The summed E-state index contributed by atoms with van der Waals surface area (Å²) in [5.41, 5.74) is 9.79. The van der Waals surface area contributed by atoms with Gasteiger partial charge in [0.15, 0.2) is 0 Å². The number of carbonyl (C=O) groups is 1. The third-order valence-corrected chi connectivity index (χ3v) is 5.53. The van der Waals surface area contributed by atoms with Crippen LogP contribution in [-0.2, 0) is 17.6 Å². The molecule has 5 heteroatoms. The van der Waals surface area contributed by atoms with Crippen molar-refractivity contribution >= 4 is 29.2 Å². The molecule has 0 spiro atoms. The molecule has 0 bridgehead atoms. The van der Waals surface area contributed by atoms with E-state index in [9.17, 15) is 4.79 Å². The van der Waals surface area contributed by atoms with Crippen LogP contribution in [0.4, 0.5) is 0 Å². The molecule has 4 N–H and O–H groups in total. The first-order chi connectivity index (χ1) is 11.5. The minimum atomic E-state index is -0.362. The van der Waals surface area contributed by atoms with E-state index in [4.69, 9.17) is 5.73 Å². The van der Waals surface area contributed by atoms with Crippen LogP contribution in [0.1, 0.15) is 50.7 Å². The van der Waals surface area contributed by atoms with Crippen molar-refractivity contribution in [1.29, 1.82) is 0 Å². The van der Waals surface area contributed by atoms with Gasteiger partial charge in [0, 0.05) is 29.2 Å². The second kappa shape index (κ2) is 8.24. The van der Waals surface area contributed by atoms with Gasteiger partial charge in [-0.2, -0.15) is 0 Å². The number of fused-ring (bicyclic) bond motifs is 1. The molecular weight excluding hydrogens is 334 g/mol. The first kappa shape index (κ1) is 19.8. The molecule has 0 saturated heterocycles. The fourth-order valence-corrected chi connectivity index (χ4v) is 4.01. The molecule has 1 heterocycles. The van der Waals surface area contributed by atoms with Crippen LogP contribution in [0.15, 0.2) is 24.4 Å². The maximum atomic E-state index is 12.5.